The zero-order chi connectivity index (χ0) is 16.1. The van der Waals surface area contributed by atoms with E-state index in [4.69, 9.17) is 0 Å². The normalized spacial score (nSPS) is 14.0. The van der Waals surface area contributed by atoms with Crippen LogP contribution in [0, 0.1) is 10.1 Å². The lowest BCUT2D eigenvalue weighted by Gasteiger charge is -2.16. The molecular formula is C16H19N5O2. The van der Waals surface area contributed by atoms with Crippen molar-refractivity contribution in [3.05, 3.63) is 52.3 Å². The van der Waals surface area contributed by atoms with Crippen molar-refractivity contribution in [3.8, 4) is 0 Å². The first-order valence-electron chi connectivity index (χ1n) is 7.76. The van der Waals surface area contributed by atoms with Gasteiger partial charge in [0.2, 0.25) is 0 Å². The van der Waals surface area contributed by atoms with Crippen LogP contribution < -0.4 is 10.2 Å². The van der Waals surface area contributed by atoms with Crippen LogP contribution in [0.25, 0.3) is 0 Å². The van der Waals surface area contributed by atoms with E-state index < -0.39 is 0 Å². The molecule has 0 spiro atoms. The summed E-state index contributed by atoms with van der Waals surface area (Å²) >= 11 is 0. The van der Waals surface area contributed by atoms with Gasteiger partial charge >= 0.3 is 0 Å². The number of hydrogen-bond donors (Lipinski definition) is 1. The van der Waals surface area contributed by atoms with Crippen LogP contribution in [-0.4, -0.2) is 34.5 Å². The minimum Gasteiger partial charge on any atom is -0.370 e. The molecule has 0 aliphatic carbocycles. The van der Waals surface area contributed by atoms with Gasteiger partial charge in [-0.3, -0.25) is 10.1 Å². The van der Waals surface area contributed by atoms with Crippen molar-refractivity contribution in [2.45, 2.75) is 19.3 Å². The fourth-order valence-corrected chi connectivity index (χ4v) is 2.68. The Labute approximate surface area is 134 Å². The maximum Gasteiger partial charge on any atom is 0.269 e. The lowest BCUT2D eigenvalue weighted by molar-refractivity contribution is -0.384. The number of nitrogens with zero attached hydrogens (tertiary/aromatic N) is 4. The van der Waals surface area contributed by atoms with Gasteiger partial charge in [-0.1, -0.05) is 12.1 Å². The van der Waals surface area contributed by atoms with E-state index in [9.17, 15) is 10.1 Å². The van der Waals surface area contributed by atoms with E-state index in [0.29, 0.717) is 6.54 Å². The van der Waals surface area contributed by atoms with Gasteiger partial charge in [0.15, 0.2) is 0 Å². The highest BCUT2D eigenvalue weighted by Crippen LogP contribution is 2.19. The lowest BCUT2D eigenvalue weighted by Crippen LogP contribution is -2.19. The molecule has 0 unspecified atom stereocenters. The average Bonchev–Trinajstić information content (AvgIpc) is 3.10. The Morgan fingerprint density at radius 1 is 1.17 bits per heavy atom. The summed E-state index contributed by atoms with van der Waals surface area (Å²) in [5.74, 6) is 1.78. The minimum absolute atomic E-state index is 0.118. The number of hydrogen-bond acceptors (Lipinski definition) is 6. The van der Waals surface area contributed by atoms with Gasteiger partial charge in [-0.25, -0.2) is 9.97 Å². The molecule has 23 heavy (non-hydrogen) atoms. The van der Waals surface area contributed by atoms with Gasteiger partial charge in [0.05, 0.1) is 4.92 Å². The van der Waals surface area contributed by atoms with Gasteiger partial charge < -0.3 is 10.2 Å². The Balaban J connectivity index is 1.54. The topological polar surface area (TPSA) is 84.2 Å². The molecule has 0 saturated carbocycles. The second kappa shape index (κ2) is 7.04. The molecule has 0 amide bonds. The molecule has 120 valence electrons. The number of nitro groups is 1. The van der Waals surface area contributed by atoms with Crippen LogP contribution in [0.3, 0.4) is 0 Å². The summed E-state index contributed by atoms with van der Waals surface area (Å²) in [5, 5.41) is 13.9. The number of nitrogens with one attached hydrogen (secondary N) is 1. The van der Waals surface area contributed by atoms with E-state index >= 15 is 0 Å². The molecule has 7 heteroatoms. The summed E-state index contributed by atoms with van der Waals surface area (Å²) < 4.78 is 0. The zero-order valence-corrected chi connectivity index (χ0v) is 12.8. The van der Waals surface area contributed by atoms with Crippen molar-refractivity contribution in [1.29, 1.82) is 0 Å². The second-order valence-corrected chi connectivity index (χ2v) is 5.56. The van der Waals surface area contributed by atoms with Crippen molar-refractivity contribution in [2.75, 3.05) is 29.9 Å². The third-order valence-electron chi connectivity index (χ3n) is 3.95. The molecule has 2 heterocycles. The van der Waals surface area contributed by atoms with Crippen molar-refractivity contribution in [1.82, 2.24) is 9.97 Å². The van der Waals surface area contributed by atoms with Crippen LogP contribution in [-0.2, 0) is 6.42 Å². The van der Waals surface area contributed by atoms with Gasteiger partial charge in [-0.2, -0.15) is 0 Å². The van der Waals surface area contributed by atoms with Gasteiger partial charge in [0, 0.05) is 37.8 Å². The molecule has 1 saturated heterocycles. The molecule has 1 aliphatic heterocycles. The second-order valence-electron chi connectivity index (χ2n) is 5.56. The largest absolute Gasteiger partial charge is 0.370 e. The third kappa shape index (κ3) is 3.94. The number of rotatable bonds is 6. The Kier molecular flexibility index (Phi) is 4.65. The highest BCUT2D eigenvalue weighted by Gasteiger charge is 2.13. The Morgan fingerprint density at radius 3 is 2.61 bits per heavy atom. The first kappa shape index (κ1) is 15.2. The molecular weight excluding hydrogens is 294 g/mol. The molecule has 1 fully saturated rings. The summed E-state index contributed by atoms with van der Waals surface area (Å²) in [6, 6.07) is 8.61. The maximum absolute atomic E-state index is 10.6. The first-order chi connectivity index (χ1) is 11.2. The third-order valence-corrected chi connectivity index (χ3v) is 3.95. The van der Waals surface area contributed by atoms with Crippen LogP contribution in [0.5, 0.6) is 0 Å². The van der Waals surface area contributed by atoms with Gasteiger partial charge in [0.1, 0.15) is 18.0 Å². The predicted molar refractivity (Wildman–Crippen MR) is 88.8 cm³/mol. The molecule has 0 radical (unpaired) electrons. The predicted octanol–water partition coefficient (Wildman–Crippen LogP) is 2.64. The van der Waals surface area contributed by atoms with Gasteiger partial charge in [-0.15, -0.1) is 0 Å². The number of benzene rings is 1. The monoisotopic (exact) mass is 313 g/mol. The fraction of sp³-hybridized carbons (Fsp3) is 0.375. The van der Waals surface area contributed by atoms with Crippen LogP contribution in [0.4, 0.5) is 17.3 Å². The van der Waals surface area contributed by atoms with E-state index in [-0.39, 0.29) is 10.6 Å². The van der Waals surface area contributed by atoms with Crippen LogP contribution >= 0.6 is 0 Å². The van der Waals surface area contributed by atoms with Crippen molar-refractivity contribution < 1.29 is 4.92 Å². The summed E-state index contributed by atoms with van der Waals surface area (Å²) in [7, 11) is 0. The Bertz CT molecular complexity index is 668. The van der Waals surface area contributed by atoms with E-state index in [2.05, 4.69) is 20.2 Å². The number of aromatic nitrogens is 2. The summed E-state index contributed by atoms with van der Waals surface area (Å²) in [6.07, 6.45) is 4.79. The molecule has 3 rings (SSSR count). The average molecular weight is 313 g/mol. The molecule has 1 N–H and O–H groups in total. The summed E-state index contributed by atoms with van der Waals surface area (Å²) in [5.41, 5.74) is 1.17. The molecule has 1 aromatic carbocycles. The smallest absolute Gasteiger partial charge is 0.269 e. The SMILES string of the molecule is O=[N+]([O-])c1ccc(CCNc2cc(N3CCCC3)ncn2)cc1. The van der Waals surface area contributed by atoms with Crippen LogP contribution in [0.15, 0.2) is 36.7 Å². The molecule has 7 nitrogen and oxygen atoms in total. The van der Waals surface area contributed by atoms with Crippen molar-refractivity contribution in [2.24, 2.45) is 0 Å². The molecule has 1 aliphatic rings. The first-order valence-corrected chi connectivity index (χ1v) is 7.76. The zero-order valence-electron chi connectivity index (χ0n) is 12.8. The van der Waals surface area contributed by atoms with E-state index in [1.165, 1.54) is 25.0 Å². The van der Waals surface area contributed by atoms with Crippen molar-refractivity contribution >= 4 is 17.3 Å². The van der Waals surface area contributed by atoms with Crippen LogP contribution in [0.1, 0.15) is 18.4 Å². The van der Waals surface area contributed by atoms with Crippen LogP contribution in [0.2, 0.25) is 0 Å². The molecule has 0 bridgehead atoms. The minimum atomic E-state index is -0.386. The van der Waals surface area contributed by atoms with E-state index in [1.807, 2.05) is 6.07 Å². The molecule has 1 aromatic heterocycles. The Morgan fingerprint density at radius 2 is 1.91 bits per heavy atom. The quantitative estimate of drug-likeness (QED) is 0.652. The van der Waals surface area contributed by atoms with E-state index in [0.717, 1.165) is 36.7 Å². The highest BCUT2D eigenvalue weighted by atomic mass is 16.6. The standard InChI is InChI=1S/C16H19N5O2/c22-21(23)14-5-3-13(4-6-14)7-8-17-15-11-16(19-12-18-15)20-9-1-2-10-20/h3-6,11-12H,1-2,7-10H2,(H,17,18,19). The van der Waals surface area contributed by atoms with Gasteiger partial charge in [-0.05, 0) is 24.8 Å². The highest BCUT2D eigenvalue weighted by molar-refractivity contribution is 5.49. The molecule has 0 atom stereocenters. The number of non-ortho nitro benzene ring substituents is 1. The van der Waals surface area contributed by atoms with Crippen molar-refractivity contribution in [3.63, 3.8) is 0 Å². The maximum atomic E-state index is 10.6. The molecule has 2 aromatic rings. The van der Waals surface area contributed by atoms with Gasteiger partial charge in [0.25, 0.3) is 5.69 Å². The van der Waals surface area contributed by atoms with E-state index in [1.54, 1.807) is 18.5 Å². The Hall–Kier alpha value is -2.70. The summed E-state index contributed by atoms with van der Waals surface area (Å²) in [6.45, 7) is 2.83. The lowest BCUT2D eigenvalue weighted by atomic mass is 10.1. The summed E-state index contributed by atoms with van der Waals surface area (Å²) in [4.78, 5) is 21.1. The fourth-order valence-electron chi connectivity index (χ4n) is 2.68. The number of anilines is 2. The number of nitro benzene ring substituents is 1.